The van der Waals surface area contributed by atoms with Crippen molar-refractivity contribution in [1.29, 1.82) is 0 Å². The minimum Gasteiger partial charge on any atom is -0.350 e. The summed E-state index contributed by atoms with van der Waals surface area (Å²) in [6, 6.07) is 18.9. The zero-order chi connectivity index (χ0) is 16.8. The molecule has 0 atom stereocenters. The van der Waals surface area contributed by atoms with Gasteiger partial charge in [-0.2, -0.15) is 0 Å². The summed E-state index contributed by atoms with van der Waals surface area (Å²) in [6.07, 6.45) is 1.51. The maximum absolute atomic E-state index is 12.1. The number of nitrogens with one attached hydrogen (secondary N) is 2. The lowest BCUT2D eigenvalue weighted by molar-refractivity contribution is -0.120. The molecule has 2 aromatic carbocycles. The second-order valence-corrected chi connectivity index (χ2v) is 5.36. The minimum absolute atomic E-state index is 0.0709. The first-order chi connectivity index (χ1) is 11.7. The molecule has 0 radical (unpaired) electrons. The first-order valence-corrected chi connectivity index (χ1v) is 7.66. The third kappa shape index (κ3) is 3.95. The van der Waals surface area contributed by atoms with Gasteiger partial charge in [0.2, 0.25) is 5.91 Å². The van der Waals surface area contributed by atoms with Crippen molar-refractivity contribution in [2.24, 2.45) is 0 Å². The molecule has 120 valence electrons. The molecule has 1 heterocycles. The highest BCUT2D eigenvalue weighted by molar-refractivity contribution is 5.98. The van der Waals surface area contributed by atoms with E-state index >= 15 is 0 Å². The second-order valence-electron chi connectivity index (χ2n) is 5.36. The van der Waals surface area contributed by atoms with Crippen LogP contribution in [0.5, 0.6) is 0 Å². The van der Waals surface area contributed by atoms with E-state index in [2.05, 4.69) is 15.6 Å². The number of rotatable bonds is 5. The number of carbonyl (C=O) groups excluding carboxylic acids is 2. The van der Waals surface area contributed by atoms with Gasteiger partial charge in [0.25, 0.3) is 5.91 Å². The van der Waals surface area contributed by atoms with Gasteiger partial charge in [0.15, 0.2) is 0 Å². The fraction of sp³-hybridized carbons (Fsp3) is 0.105. The van der Waals surface area contributed by atoms with Crippen molar-refractivity contribution >= 4 is 22.7 Å². The molecule has 2 amide bonds. The lowest BCUT2D eigenvalue weighted by atomic mass is 10.1. The monoisotopic (exact) mass is 319 g/mol. The molecule has 0 saturated heterocycles. The molecule has 0 fully saturated rings. The van der Waals surface area contributed by atoms with E-state index in [-0.39, 0.29) is 18.4 Å². The zero-order valence-corrected chi connectivity index (χ0v) is 13.0. The first kappa shape index (κ1) is 15.7. The number of amides is 2. The van der Waals surface area contributed by atoms with Gasteiger partial charge in [-0.15, -0.1) is 0 Å². The van der Waals surface area contributed by atoms with Crippen LogP contribution in [0, 0.1) is 0 Å². The fourth-order valence-corrected chi connectivity index (χ4v) is 2.32. The first-order valence-electron chi connectivity index (χ1n) is 7.66. The minimum atomic E-state index is -0.317. The van der Waals surface area contributed by atoms with E-state index in [1.54, 1.807) is 6.07 Å². The number of hydrogen-bond acceptors (Lipinski definition) is 3. The smallest absolute Gasteiger partial charge is 0.253 e. The van der Waals surface area contributed by atoms with E-state index in [9.17, 15) is 9.59 Å². The molecule has 24 heavy (non-hydrogen) atoms. The van der Waals surface area contributed by atoms with Crippen LogP contribution in [0.15, 0.2) is 66.9 Å². The van der Waals surface area contributed by atoms with Crippen LogP contribution in [-0.2, 0) is 11.3 Å². The van der Waals surface area contributed by atoms with Gasteiger partial charge in [0.05, 0.1) is 17.6 Å². The predicted octanol–water partition coefficient (Wildman–Crippen LogP) is 2.28. The molecule has 5 heteroatoms. The van der Waals surface area contributed by atoms with Gasteiger partial charge in [-0.05, 0) is 17.7 Å². The fourth-order valence-electron chi connectivity index (χ4n) is 2.32. The van der Waals surface area contributed by atoms with E-state index < -0.39 is 0 Å². The van der Waals surface area contributed by atoms with Gasteiger partial charge in [0, 0.05) is 18.1 Å². The number of hydrogen-bond donors (Lipinski definition) is 2. The largest absolute Gasteiger partial charge is 0.350 e. The maximum Gasteiger partial charge on any atom is 0.253 e. The molecule has 0 unspecified atom stereocenters. The topological polar surface area (TPSA) is 71.1 Å². The Balaban J connectivity index is 1.53. The second kappa shape index (κ2) is 7.37. The summed E-state index contributed by atoms with van der Waals surface area (Å²) in [6.45, 7) is 0.367. The predicted molar refractivity (Wildman–Crippen MR) is 92.4 cm³/mol. The van der Waals surface area contributed by atoms with E-state index in [0.717, 1.165) is 16.5 Å². The van der Waals surface area contributed by atoms with Gasteiger partial charge in [-0.1, -0.05) is 48.5 Å². The van der Waals surface area contributed by atoms with Crippen LogP contribution in [0.4, 0.5) is 0 Å². The van der Waals surface area contributed by atoms with E-state index in [0.29, 0.717) is 12.1 Å². The van der Waals surface area contributed by atoms with Crippen LogP contribution >= 0.6 is 0 Å². The lowest BCUT2D eigenvalue weighted by Crippen LogP contribution is -2.36. The molecular weight excluding hydrogens is 302 g/mol. The molecule has 2 N–H and O–H groups in total. The van der Waals surface area contributed by atoms with Crippen LogP contribution < -0.4 is 10.6 Å². The Hall–Kier alpha value is -3.21. The van der Waals surface area contributed by atoms with Crippen molar-refractivity contribution in [1.82, 2.24) is 15.6 Å². The number of para-hydroxylation sites is 1. The van der Waals surface area contributed by atoms with E-state index in [1.165, 1.54) is 6.20 Å². The maximum atomic E-state index is 12.1. The summed E-state index contributed by atoms with van der Waals surface area (Å²) in [7, 11) is 0. The SMILES string of the molecule is O=C(CNC(=O)c1cnc2ccccc2c1)NCc1ccccc1. The standard InChI is InChI=1S/C19H17N3O2/c23-18(21-11-14-6-2-1-3-7-14)13-22-19(24)16-10-15-8-4-5-9-17(15)20-12-16/h1-10,12H,11,13H2,(H,21,23)(H,22,24). The molecule has 3 rings (SSSR count). The number of aromatic nitrogens is 1. The van der Waals surface area contributed by atoms with Gasteiger partial charge >= 0.3 is 0 Å². The zero-order valence-electron chi connectivity index (χ0n) is 13.0. The summed E-state index contributed by atoms with van der Waals surface area (Å²) in [5, 5.41) is 6.26. The molecular formula is C19H17N3O2. The molecule has 0 aliphatic heterocycles. The van der Waals surface area contributed by atoms with Crippen molar-refractivity contribution in [3.8, 4) is 0 Å². The summed E-state index contributed by atoms with van der Waals surface area (Å²) in [5.74, 6) is -0.552. The third-order valence-electron chi connectivity index (χ3n) is 3.59. The highest BCUT2D eigenvalue weighted by Crippen LogP contribution is 2.12. The Morgan fingerprint density at radius 3 is 2.50 bits per heavy atom. The Bertz CT molecular complexity index is 863. The highest BCUT2D eigenvalue weighted by atomic mass is 16.2. The van der Waals surface area contributed by atoms with Crippen molar-refractivity contribution in [2.45, 2.75) is 6.54 Å². The number of carbonyl (C=O) groups is 2. The van der Waals surface area contributed by atoms with Crippen LogP contribution in [0.25, 0.3) is 10.9 Å². The molecule has 0 spiro atoms. The van der Waals surface area contributed by atoms with Gasteiger partial charge < -0.3 is 10.6 Å². The number of nitrogens with zero attached hydrogens (tertiary/aromatic N) is 1. The number of benzene rings is 2. The number of pyridine rings is 1. The van der Waals surface area contributed by atoms with Crippen LogP contribution in [0.1, 0.15) is 15.9 Å². The molecule has 3 aromatic rings. The van der Waals surface area contributed by atoms with E-state index in [1.807, 2.05) is 54.6 Å². The van der Waals surface area contributed by atoms with Crippen LogP contribution in [0.3, 0.4) is 0 Å². The van der Waals surface area contributed by atoms with E-state index in [4.69, 9.17) is 0 Å². The average Bonchev–Trinajstić information content (AvgIpc) is 2.65. The Labute approximate surface area is 139 Å². The van der Waals surface area contributed by atoms with Crippen molar-refractivity contribution in [3.05, 3.63) is 78.0 Å². The van der Waals surface area contributed by atoms with Crippen molar-refractivity contribution in [3.63, 3.8) is 0 Å². The molecule has 0 bridgehead atoms. The summed E-state index contributed by atoms with van der Waals surface area (Å²) in [4.78, 5) is 28.2. The third-order valence-corrected chi connectivity index (χ3v) is 3.59. The Morgan fingerprint density at radius 2 is 1.67 bits per heavy atom. The molecule has 0 saturated carbocycles. The summed E-state index contributed by atoms with van der Waals surface area (Å²) < 4.78 is 0. The van der Waals surface area contributed by atoms with Crippen LogP contribution in [-0.4, -0.2) is 23.3 Å². The molecule has 1 aromatic heterocycles. The summed E-state index contributed by atoms with van der Waals surface area (Å²) >= 11 is 0. The Kier molecular flexibility index (Phi) is 4.81. The summed E-state index contributed by atoms with van der Waals surface area (Å²) in [5.41, 5.74) is 2.27. The average molecular weight is 319 g/mol. The molecule has 0 aliphatic rings. The number of fused-ring (bicyclic) bond motifs is 1. The quantitative estimate of drug-likeness (QED) is 0.758. The van der Waals surface area contributed by atoms with Gasteiger partial charge in [-0.25, -0.2) is 0 Å². The highest BCUT2D eigenvalue weighted by Gasteiger charge is 2.09. The molecule has 5 nitrogen and oxygen atoms in total. The van der Waals surface area contributed by atoms with Crippen molar-refractivity contribution < 1.29 is 9.59 Å². The normalized spacial score (nSPS) is 10.3. The van der Waals surface area contributed by atoms with Crippen LogP contribution in [0.2, 0.25) is 0 Å². The van der Waals surface area contributed by atoms with Crippen molar-refractivity contribution in [2.75, 3.05) is 6.54 Å². The van der Waals surface area contributed by atoms with Gasteiger partial charge in [-0.3, -0.25) is 14.6 Å². The molecule has 0 aliphatic carbocycles. The lowest BCUT2D eigenvalue weighted by Gasteiger charge is -2.07. The Morgan fingerprint density at radius 1 is 0.917 bits per heavy atom. The van der Waals surface area contributed by atoms with Gasteiger partial charge in [0.1, 0.15) is 0 Å².